The summed E-state index contributed by atoms with van der Waals surface area (Å²) in [5, 5.41) is 6.95. The smallest absolute Gasteiger partial charge is 0.248 e. The molecule has 3 aliphatic rings. The molecule has 216 valence electrons. The molecule has 2 heterocycles. The zero-order valence-corrected chi connectivity index (χ0v) is 24.2. The Kier molecular flexibility index (Phi) is 8.13. The number of ether oxygens (including phenoxy) is 1. The normalized spacial score (nSPS) is 19.3. The molecule has 2 saturated carbocycles. The van der Waals surface area contributed by atoms with Crippen LogP contribution in [0.15, 0.2) is 48.8 Å². The average Bonchev–Trinajstić information content (AvgIpc) is 2.91. The molecule has 0 atom stereocenters. The van der Waals surface area contributed by atoms with Crippen LogP contribution >= 0.6 is 11.6 Å². The highest BCUT2D eigenvalue weighted by Crippen LogP contribution is 2.52. The van der Waals surface area contributed by atoms with Crippen LogP contribution in [-0.4, -0.2) is 47.5 Å². The van der Waals surface area contributed by atoms with Gasteiger partial charge in [-0.05, 0) is 99.8 Å². The van der Waals surface area contributed by atoms with Crippen LogP contribution in [0.2, 0.25) is 5.02 Å². The molecule has 9 heteroatoms. The van der Waals surface area contributed by atoms with E-state index < -0.39 is 5.82 Å². The zero-order chi connectivity index (χ0) is 28.4. The summed E-state index contributed by atoms with van der Waals surface area (Å²) in [5.74, 6) is 1.63. The van der Waals surface area contributed by atoms with Gasteiger partial charge < -0.3 is 20.3 Å². The van der Waals surface area contributed by atoms with Gasteiger partial charge in [0.15, 0.2) is 0 Å². The second kappa shape index (κ2) is 11.9. The first-order valence-electron chi connectivity index (χ1n) is 14.7. The van der Waals surface area contributed by atoms with Crippen LogP contribution in [-0.2, 0) is 4.79 Å². The Hall–Kier alpha value is -3.23. The fourth-order valence-corrected chi connectivity index (χ4v) is 6.55. The number of hydrogen-bond acceptors (Lipinski definition) is 6. The molecule has 1 saturated heterocycles. The molecular weight excluding hydrogens is 541 g/mol. The lowest BCUT2D eigenvalue weighted by atomic mass is 9.58. The number of anilines is 3. The van der Waals surface area contributed by atoms with E-state index in [-0.39, 0.29) is 10.9 Å². The number of carbonyl (C=O) groups is 1. The maximum absolute atomic E-state index is 13.7. The van der Waals surface area contributed by atoms with Gasteiger partial charge in [0.25, 0.3) is 0 Å². The number of nitrogens with one attached hydrogen (secondary N) is 2. The van der Waals surface area contributed by atoms with E-state index in [1.54, 1.807) is 12.1 Å². The van der Waals surface area contributed by atoms with Gasteiger partial charge in [-0.3, -0.25) is 4.79 Å². The zero-order valence-electron chi connectivity index (χ0n) is 23.5. The van der Waals surface area contributed by atoms with E-state index in [4.69, 9.17) is 16.3 Å². The van der Waals surface area contributed by atoms with Gasteiger partial charge in [0.05, 0.1) is 22.8 Å². The van der Waals surface area contributed by atoms with Gasteiger partial charge in [-0.1, -0.05) is 36.9 Å². The maximum Gasteiger partial charge on any atom is 0.248 e. The Bertz CT molecular complexity index is 1440. The van der Waals surface area contributed by atoms with E-state index in [1.807, 2.05) is 18.2 Å². The predicted molar refractivity (Wildman–Crippen MR) is 161 cm³/mol. The van der Waals surface area contributed by atoms with Gasteiger partial charge in [-0.15, -0.1) is 0 Å². The second-order valence-corrected chi connectivity index (χ2v) is 12.6. The van der Waals surface area contributed by atoms with Crippen molar-refractivity contribution in [1.29, 1.82) is 0 Å². The Morgan fingerprint density at radius 3 is 2.71 bits per heavy atom. The van der Waals surface area contributed by atoms with Gasteiger partial charge in [0, 0.05) is 17.1 Å². The fraction of sp³-hybridized carbons (Fsp3) is 0.469. The lowest BCUT2D eigenvalue weighted by molar-refractivity contribution is -0.111. The van der Waals surface area contributed by atoms with Crippen LogP contribution < -0.4 is 15.4 Å². The minimum absolute atomic E-state index is 0.0173. The Balaban J connectivity index is 1.21. The maximum atomic E-state index is 13.7. The minimum atomic E-state index is -0.491. The quantitative estimate of drug-likeness (QED) is 0.259. The summed E-state index contributed by atoms with van der Waals surface area (Å²) in [6.45, 7) is 2.94. The van der Waals surface area contributed by atoms with Gasteiger partial charge in [-0.25, -0.2) is 14.4 Å². The Labute approximate surface area is 245 Å². The molecule has 2 aromatic carbocycles. The van der Waals surface area contributed by atoms with Crippen molar-refractivity contribution < 1.29 is 13.9 Å². The molecule has 6 rings (SSSR count). The summed E-state index contributed by atoms with van der Waals surface area (Å²) in [7, 11) is 2.20. The van der Waals surface area contributed by atoms with Crippen LogP contribution in [0.5, 0.6) is 5.75 Å². The monoisotopic (exact) mass is 577 g/mol. The number of amides is 1. The molecule has 1 aliphatic heterocycles. The number of nitrogens with zero attached hydrogens (tertiary/aromatic N) is 3. The molecule has 1 amide bonds. The summed E-state index contributed by atoms with van der Waals surface area (Å²) < 4.78 is 20.1. The molecule has 1 aromatic heterocycles. The standard InChI is InChI=1S/C32H37ClFN5O2/c1-39-12-10-32(11-13-39)17-22(18-32)19-41-29-16-27-24(15-28(29)38-30(40)7-3-6-21-4-2-5-21)31(36-20-35-27)37-23-8-9-26(34)25(33)14-23/h3,7-9,14-16,20-22H,2,4-6,10-13,17-19H2,1H3,(H,38,40)(H,35,36,37)/b7-3+. The van der Waals surface area contributed by atoms with Crippen LogP contribution in [0.3, 0.4) is 0 Å². The lowest BCUT2D eigenvalue weighted by Crippen LogP contribution is -2.47. The third-order valence-corrected chi connectivity index (χ3v) is 9.40. The van der Waals surface area contributed by atoms with Crippen molar-refractivity contribution in [2.75, 3.05) is 37.4 Å². The van der Waals surface area contributed by atoms with Gasteiger partial charge >= 0.3 is 0 Å². The number of carbonyl (C=O) groups excluding carboxylic acids is 1. The van der Waals surface area contributed by atoms with Crippen molar-refractivity contribution in [3.05, 3.63) is 59.7 Å². The predicted octanol–water partition coefficient (Wildman–Crippen LogP) is 7.35. The van der Waals surface area contributed by atoms with Gasteiger partial charge in [-0.2, -0.15) is 0 Å². The molecule has 1 spiro atoms. The van der Waals surface area contributed by atoms with Crippen LogP contribution in [0.25, 0.3) is 10.9 Å². The first-order valence-corrected chi connectivity index (χ1v) is 15.0. The van der Waals surface area contributed by atoms with Crippen molar-refractivity contribution in [2.24, 2.45) is 17.3 Å². The summed E-state index contributed by atoms with van der Waals surface area (Å²) in [5.41, 5.74) is 2.31. The topological polar surface area (TPSA) is 79.4 Å². The molecule has 0 radical (unpaired) electrons. The van der Waals surface area contributed by atoms with E-state index in [9.17, 15) is 9.18 Å². The van der Waals surface area contributed by atoms with E-state index in [1.165, 1.54) is 76.5 Å². The lowest BCUT2D eigenvalue weighted by Gasteiger charge is -2.51. The van der Waals surface area contributed by atoms with E-state index in [0.717, 1.165) is 6.42 Å². The largest absolute Gasteiger partial charge is 0.491 e. The molecule has 3 aromatic rings. The van der Waals surface area contributed by atoms with E-state index in [2.05, 4.69) is 32.5 Å². The second-order valence-electron chi connectivity index (χ2n) is 12.2. The molecule has 2 aliphatic carbocycles. The van der Waals surface area contributed by atoms with Gasteiger partial charge in [0.2, 0.25) is 5.91 Å². The summed E-state index contributed by atoms with van der Waals surface area (Å²) in [4.78, 5) is 24.2. The van der Waals surface area contributed by atoms with E-state index >= 15 is 0 Å². The average molecular weight is 578 g/mol. The fourth-order valence-electron chi connectivity index (χ4n) is 6.37. The van der Waals surface area contributed by atoms with E-state index in [0.29, 0.717) is 57.7 Å². The number of fused-ring (bicyclic) bond motifs is 1. The molecule has 7 nitrogen and oxygen atoms in total. The molecule has 0 unspecified atom stereocenters. The third kappa shape index (κ3) is 6.49. The number of hydrogen-bond donors (Lipinski definition) is 2. The van der Waals surface area contributed by atoms with Crippen LogP contribution in [0.1, 0.15) is 51.4 Å². The van der Waals surface area contributed by atoms with Crippen LogP contribution in [0.4, 0.5) is 21.6 Å². The van der Waals surface area contributed by atoms with Crippen molar-refractivity contribution in [3.8, 4) is 5.75 Å². The van der Waals surface area contributed by atoms with Crippen LogP contribution in [0, 0.1) is 23.1 Å². The number of rotatable bonds is 9. The minimum Gasteiger partial charge on any atom is -0.491 e. The number of likely N-dealkylation sites (tertiary alicyclic amines) is 1. The van der Waals surface area contributed by atoms with Gasteiger partial charge in [0.1, 0.15) is 23.7 Å². The molecule has 0 bridgehead atoms. The first-order chi connectivity index (χ1) is 19.9. The Morgan fingerprint density at radius 1 is 1.17 bits per heavy atom. The van der Waals surface area contributed by atoms with Crippen molar-refractivity contribution >= 4 is 45.6 Å². The molecular formula is C32H37ClFN5O2. The number of piperidine rings is 1. The number of halogens is 2. The van der Waals surface area contributed by atoms with Crippen molar-refractivity contribution in [2.45, 2.75) is 51.4 Å². The summed E-state index contributed by atoms with van der Waals surface area (Å²) in [6.07, 6.45) is 14.6. The molecule has 41 heavy (non-hydrogen) atoms. The number of allylic oxidation sites excluding steroid dienone is 1. The van der Waals surface area contributed by atoms with Crippen molar-refractivity contribution in [1.82, 2.24) is 14.9 Å². The van der Waals surface area contributed by atoms with Crippen molar-refractivity contribution in [3.63, 3.8) is 0 Å². The SMILES string of the molecule is CN1CCC2(CC1)CC(COc1cc3ncnc(Nc4ccc(F)c(Cl)c4)c3cc1NC(=O)/C=C/CC1CCC1)C2. The highest BCUT2D eigenvalue weighted by molar-refractivity contribution is 6.31. The first kappa shape index (κ1) is 27.9. The number of benzene rings is 2. The molecule has 2 N–H and O–H groups in total. The summed E-state index contributed by atoms with van der Waals surface area (Å²) in [6, 6.07) is 8.11. The Morgan fingerprint density at radius 2 is 1.98 bits per heavy atom. The highest BCUT2D eigenvalue weighted by Gasteiger charge is 2.45. The third-order valence-electron chi connectivity index (χ3n) is 9.11. The number of aromatic nitrogens is 2. The highest BCUT2D eigenvalue weighted by atomic mass is 35.5. The molecule has 3 fully saturated rings. The summed E-state index contributed by atoms with van der Waals surface area (Å²) >= 11 is 5.99.